The van der Waals surface area contributed by atoms with Crippen molar-refractivity contribution < 1.29 is 14.5 Å². The minimum Gasteiger partial charge on any atom is -0.469 e. The monoisotopic (exact) mass is 390 g/mol. The summed E-state index contributed by atoms with van der Waals surface area (Å²) in [6.45, 7) is 1.45. The maximum atomic E-state index is 11.6. The van der Waals surface area contributed by atoms with Crippen LogP contribution in [0.15, 0.2) is 18.2 Å². The Balaban J connectivity index is 2.19. The van der Waals surface area contributed by atoms with Crippen LogP contribution in [-0.4, -0.2) is 31.1 Å². The van der Waals surface area contributed by atoms with E-state index in [9.17, 15) is 14.9 Å². The Labute approximate surface area is 130 Å². The zero-order chi connectivity index (χ0) is 14.7. The first-order chi connectivity index (χ1) is 9.52. The fourth-order valence-electron chi connectivity index (χ4n) is 2.42. The highest BCUT2D eigenvalue weighted by Gasteiger charge is 2.27. The van der Waals surface area contributed by atoms with Crippen LogP contribution in [0.3, 0.4) is 0 Å². The van der Waals surface area contributed by atoms with E-state index in [0.717, 1.165) is 28.6 Å². The van der Waals surface area contributed by atoms with Gasteiger partial charge in [-0.05, 0) is 41.5 Å². The van der Waals surface area contributed by atoms with Crippen molar-refractivity contribution in [2.75, 3.05) is 25.1 Å². The average Bonchev–Trinajstić information content (AvgIpc) is 2.46. The summed E-state index contributed by atoms with van der Waals surface area (Å²) in [5.41, 5.74) is 1.02. The fourth-order valence-corrected chi connectivity index (χ4v) is 3.26. The van der Waals surface area contributed by atoms with Gasteiger partial charge in [0.25, 0.3) is 5.69 Å². The molecule has 0 N–H and O–H groups in total. The maximum absolute atomic E-state index is 11.6. The van der Waals surface area contributed by atoms with E-state index in [2.05, 4.69) is 27.5 Å². The summed E-state index contributed by atoms with van der Waals surface area (Å²) in [5.74, 6) is -0.314. The molecule has 0 spiro atoms. The number of non-ortho nitro benzene ring substituents is 1. The molecular formula is C13H15IN2O4. The largest absolute Gasteiger partial charge is 0.469 e. The quantitative estimate of drug-likeness (QED) is 0.343. The molecule has 0 amide bonds. The van der Waals surface area contributed by atoms with Gasteiger partial charge in [0.15, 0.2) is 0 Å². The first-order valence-corrected chi connectivity index (χ1v) is 7.37. The number of anilines is 1. The van der Waals surface area contributed by atoms with E-state index >= 15 is 0 Å². The third-order valence-corrected chi connectivity index (χ3v) is 4.30. The minimum atomic E-state index is -0.403. The van der Waals surface area contributed by atoms with Gasteiger partial charge < -0.3 is 9.64 Å². The Morgan fingerprint density at radius 2 is 2.30 bits per heavy atom. The van der Waals surface area contributed by atoms with Gasteiger partial charge in [-0.1, -0.05) is 0 Å². The van der Waals surface area contributed by atoms with E-state index < -0.39 is 4.92 Å². The number of methoxy groups -OCH3 is 1. The Kier molecular flexibility index (Phi) is 4.79. The molecule has 0 bridgehead atoms. The number of nitro benzene ring substituents is 1. The average molecular weight is 390 g/mol. The number of piperidine rings is 1. The van der Waals surface area contributed by atoms with Gasteiger partial charge in [-0.25, -0.2) is 0 Å². The molecule has 1 heterocycles. The smallest absolute Gasteiger partial charge is 0.310 e. The predicted molar refractivity (Wildman–Crippen MR) is 82.8 cm³/mol. The van der Waals surface area contributed by atoms with E-state index in [1.165, 1.54) is 13.2 Å². The highest BCUT2D eigenvalue weighted by molar-refractivity contribution is 14.1. The molecule has 1 saturated heterocycles. The molecule has 1 aromatic rings. The van der Waals surface area contributed by atoms with Gasteiger partial charge >= 0.3 is 5.97 Å². The molecule has 1 aromatic carbocycles. The van der Waals surface area contributed by atoms with Crippen LogP contribution < -0.4 is 4.90 Å². The maximum Gasteiger partial charge on any atom is 0.310 e. The summed E-state index contributed by atoms with van der Waals surface area (Å²) in [4.78, 5) is 24.1. The second kappa shape index (κ2) is 6.38. The first-order valence-electron chi connectivity index (χ1n) is 6.29. The number of hydrogen-bond acceptors (Lipinski definition) is 5. The van der Waals surface area contributed by atoms with E-state index in [0.29, 0.717) is 6.54 Å². The number of hydrogen-bond donors (Lipinski definition) is 0. The SMILES string of the molecule is COC(=O)C1CCCN(c2ccc([N+](=O)[O-])cc2I)C1. The molecule has 0 aliphatic carbocycles. The second-order valence-corrected chi connectivity index (χ2v) is 5.86. The molecule has 1 fully saturated rings. The number of carbonyl (C=O) groups excluding carboxylic acids is 1. The van der Waals surface area contributed by atoms with E-state index in [1.807, 2.05) is 0 Å². The number of benzene rings is 1. The summed E-state index contributed by atoms with van der Waals surface area (Å²) in [6, 6.07) is 4.80. The molecule has 20 heavy (non-hydrogen) atoms. The third kappa shape index (κ3) is 3.20. The molecule has 0 saturated carbocycles. The molecule has 7 heteroatoms. The van der Waals surface area contributed by atoms with Crippen LogP contribution in [-0.2, 0) is 9.53 Å². The van der Waals surface area contributed by atoms with Crippen molar-refractivity contribution >= 4 is 39.9 Å². The van der Waals surface area contributed by atoms with Gasteiger partial charge in [0.05, 0.1) is 23.6 Å². The Morgan fingerprint density at radius 3 is 2.90 bits per heavy atom. The summed E-state index contributed by atoms with van der Waals surface area (Å²) >= 11 is 2.09. The van der Waals surface area contributed by atoms with E-state index in [4.69, 9.17) is 4.74 Å². The molecule has 6 nitrogen and oxygen atoms in total. The molecule has 108 valence electrons. The van der Waals surface area contributed by atoms with Crippen LogP contribution >= 0.6 is 22.6 Å². The predicted octanol–water partition coefficient (Wildman–Crippen LogP) is 2.59. The van der Waals surface area contributed by atoms with Crippen molar-refractivity contribution in [1.82, 2.24) is 0 Å². The van der Waals surface area contributed by atoms with E-state index in [-0.39, 0.29) is 17.6 Å². The normalized spacial score (nSPS) is 18.7. The molecule has 1 atom stereocenters. The summed E-state index contributed by atoms with van der Waals surface area (Å²) in [5, 5.41) is 10.7. The lowest BCUT2D eigenvalue weighted by Crippen LogP contribution is -2.39. The number of carbonyl (C=O) groups is 1. The lowest BCUT2D eigenvalue weighted by molar-refractivity contribution is -0.384. The van der Waals surface area contributed by atoms with Gasteiger partial charge in [0.2, 0.25) is 0 Å². The van der Waals surface area contributed by atoms with Crippen LogP contribution in [0.2, 0.25) is 0 Å². The third-order valence-electron chi connectivity index (χ3n) is 3.44. The number of nitro groups is 1. The molecule has 0 aromatic heterocycles. The van der Waals surface area contributed by atoms with Crippen LogP contribution in [0, 0.1) is 19.6 Å². The van der Waals surface area contributed by atoms with Crippen molar-refractivity contribution in [3.63, 3.8) is 0 Å². The van der Waals surface area contributed by atoms with Gasteiger partial charge in [-0.3, -0.25) is 14.9 Å². The van der Waals surface area contributed by atoms with Crippen LogP contribution in [0.4, 0.5) is 11.4 Å². The molecular weight excluding hydrogens is 375 g/mol. The van der Waals surface area contributed by atoms with Crippen LogP contribution in [0.25, 0.3) is 0 Å². The lowest BCUT2D eigenvalue weighted by Gasteiger charge is -2.33. The molecule has 1 unspecified atom stereocenters. The zero-order valence-electron chi connectivity index (χ0n) is 11.0. The number of rotatable bonds is 3. The summed E-state index contributed by atoms with van der Waals surface area (Å²) in [6.07, 6.45) is 1.74. The van der Waals surface area contributed by atoms with Gasteiger partial charge in [-0.15, -0.1) is 0 Å². The summed E-state index contributed by atoms with van der Waals surface area (Å²) in [7, 11) is 1.40. The Bertz CT molecular complexity index is 535. The lowest BCUT2D eigenvalue weighted by atomic mass is 9.97. The number of ether oxygens (including phenoxy) is 1. The standard InChI is InChI=1S/C13H15IN2O4/c1-20-13(17)9-3-2-6-15(8-9)12-5-4-10(16(18)19)7-11(12)14/h4-5,7,9H,2-3,6,8H2,1H3. The fraction of sp³-hybridized carbons (Fsp3) is 0.462. The van der Waals surface area contributed by atoms with Gasteiger partial charge in [0, 0.05) is 28.8 Å². The van der Waals surface area contributed by atoms with Crippen molar-refractivity contribution in [3.05, 3.63) is 31.9 Å². The van der Waals surface area contributed by atoms with E-state index in [1.54, 1.807) is 12.1 Å². The molecule has 1 aliphatic heterocycles. The number of esters is 1. The first kappa shape index (κ1) is 15.0. The highest BCUT2D eigenvalue weighted by atomic mass is 127. The van der Waals surface area contributed by atoms with Crippen molar-refractivity contribution in [2.45, 2.75) is 12.8 Å². The molecule has 2 rings (SSSR count). The van der Waals surface area contributed by atoms with Crippen molar-refractivity contribution in [3.8, 4) is 0 Å². The number of nitrogens with zero attached hydrogens (tertiary/aromatic N) is 2. The second-order valence-electron chi connectivity index (χ2n) is 4.70. The highest BCUT2D eigenvalue weighted by Crippen LogP contribution is 2.30. The zero-order valence-corrected chi connectivity index (χ0v) is 13.2. The topological polar surface area (TPSA) is 72.7 Å². The van der Waals surface area contributed by atoms with Gasteiger partial charge in [0.1, 0.15) is 0 Å². The molecule has 1 aliphatic rings. The Morgan fingerprint density at radius 1 is 1.55 bits per heavy atom. The van der Waals surface area contributed by atoms with Crippen molar-refractivity contribution in [1.29, 1.82) is 0 Å². The van der Waals surface area contributed by atoms with Crippen LogP contribution in [0.1, 0.15) is 12.8 Å². The van der Waals surface area contributed by atoms with Gasteiger partial charge in [-0.2, -0.15) is 0 Å². The summed E-state index contributed by atoms with van der Waals surface area (Å²) < 4.78 is 5.62. The van der Waals surface area contributed by atoms with Crippen LogP contribution in [0.5, 0.6) is 0 Å². The Hall–Kier alpha value is -1.38. The minimum absolute atomic E-state index is 0.0830. The number of halogens is 1. The van der Waals surface area contributed by atoms with Crippen molar-refractivity contribution in [2.24, 2.45) is 5.92 Å². The molecule has 0 radical (unpaired) electrons.